The average molecular weight is 340 g/mol. The van der Waals surface area contributed by atoms with Gasteiger partial charge in [-0.05, 0) is 36.1 Å². The van der Waals surface area contributed by atoms with E-state index in [2.05, 4.69) is 9.71 Å². The van der Waals surface area contributed by atoms with Gasteiger partial charge in [-0.15, -0.1) is 22.7 Å². The lowest BCUT2D eigenvalue weighted by Crippen LogP contribution is -2.14. The van der Waals surface area contributed by atoms with Crippen molar-refractivity contribution in [2.75, 3.05) is 4.72 Å². The zero-order valence-electron chi connectivity index (χ0n) is 11.0. The van der Waals surface area contributed by atoms with Gasteiger partial charge in [-0.2, -0.15) is 0 Å². The number of anilines is 1. The molecule has 0 aliphatic heterocycles. The Balaban J connectivity index is 2.00. The topological polar surface area (TPSA) is 79.3 Å². The maximum atomic E-state index is 12.5. The predicted molar refractivity (Wildman–Crippen MR) is 85.4 cm³/mol. The van der Waals surface area contributed by atoms with Crippen LogP contribution in [0.1, 0.15) is 10.4 Å². The quantitative estimate of drug-likeness (QED) is 0.765. The number of sulfonamides is 1. The van der Waals surface area contributed by atoms with E-state index in [1.165, 1.54) is 22.7 Å². The van der Waals surface area contributed by atoms with Gasteiger partial charge >= 0.3 is 0 Å². The van der Waals surface area contributed by atoms with Crippen molar-refractivity contribution >= 4 is 48.6 Å². The smallest absolute Gasteiger partial charge is 0.263 e. The summed E-state index contributed by atoms with van der Waals surface area (Å²) in [6.07, 6.45) is 0. The molecule has 1 aromatic carbocycles. The fourth-order valence-electron chi connectivity index (χ4n) is 2.08. The molecule has 5 nitrogen and oxygen atoms in total. The minimum Gasteiger partial charge on any atom is -0.391 e. The van der Waals surface area contributed by atoms with E-state index in [1.54, 1.807) is 36.0 Å². The third kappa shape index (κ3) is 2.67. The molecule has 0 saturated heterocycles. The van der Waals surface area contributed by atoms with Gasteiger partial charge in [0.25, 0.3) is 10.0 Å². The first-order chi connectivity index (χ1) is 10.0. The van der Waals surface area contributed by atoms with E-state index in [4.69, 9.17) is 0 Å². The highest BCUT2D eigenvalue weighted by molar-refractivity contribution is 7.93. The molecule has 0 aliphatic carbocycles. The zero-order valence-corrected chi connectivity index (χ0v) is 13.5. The minimum absolute atomic E-state index is 0.166. The van der Waals surface area contributed by atoms with Crippen LogP contribution >= 0.6 is 22.7 Å². The van der Waals surface area contributed by atoms with E-state index in [1.807, 2.05) is 0 Å². The number of fused-ring (bicyclic) bond motifs is 1. The van der Waals surface area contributed by atoms with Gasteiger partial charge in [0.15, 0.2) is 0 Å². The Kier molecular flexibility index (Phi) is 3.70. The highest BCUT2D eigenvalue weighted by Gasteiger charge is 2.22. The van der Waals surface area contributed by atoms with Crippen molar-refractivity contribution in [3.8, 4) is 0 Å². The lowest BCUT2D eigenvalue weighted by molar-refractivity contribution is 0.282. The van der Waals surface area contributed by atoms with Gasteiger partial charge in [-0.1, -0.05) is 0 Å². The number of aliphatic hydroxyl groups excluding tert-OH is 1. The fourth-order valence-corrected chi connectivity index (χ4v) is 5.51. The Hall–Kier alpha value is -1.48. The Labute approximate surface area is 130 Å². The molecule has 0 aliphatic rings. The number of thiophene rings is 1. The number of hydrogen-bond acceptors (Lipinski definition) is 6. The highest BCUT2D eigenvalue weighted by atomic mass is 32.2. The number of hydrogen-bond donors (Lipinski definition) is 2. The van der Waals surface area contributed by atoms with Crippen molar-refractivity contribution in [2.24, 2.45) is 0 Å². The molecule has 2 aromatic heterocycles. The molecule has 3 rings (SSSR count). The van der Waals surface area contributed by atoms with Gasteiger partial charge in [-0.3, -0.25) is 4.72 Å². The standard InChI is InChI=1S/C13H12N2O3S3/c1-8-6-19-12(5-16)13(8)21(17,18)15-9-2-3-10-11(4-9)20-7-14-10/h2-4,6-7,15-16H,5H2,1H3. The van der Waals surface area contributed by atoms with Crippen LogP contribution in [0.4, 0.5) is 5.69 Å². The Morgan fingerprint density at radius 1 is 1.33 bits per heavy atom. The summed E-state index contributed by atoms with van der Waals surface area (Å²) in [7, 11) is -3.71. The van der Waals surface area contributed by atoms with Crippen molar-refractivity contribution in [3.05, 3.63) is 39.5 Å². The van der Waals surface area contributed by atoms with Crippen LogP contribution in [-0.4, -0.2) is 18.5 Å². The Morgan fingerprint density at radius 3 is 2.90 bits per heavy atom. The zero-order chi connectivity index (χ0) is 15.0. The lowest BCUT2D eigenvalue weighted by atomic mass is 10.3. The lowest BCUT2D eigenvalue weighted by Gasteiger charge is -2.09. The third-order valence-electron chi connectivity index (χ3n) is 2.99. The molecule has 21 heavy (non-hydrogen) atoms. The van der Waals surface area contributed by atoms with Gasteiger partial charge in [0.05, 0.1) is 32.9 Å². The number of thiazole rings is 1. The number of aliphatic hydroxyl groups is 1. The number of aryl methyl sites for hydroxylation is 1. The molecule has 0 saturated carbocycles. The van der Waals surface area contributed by atoms with Crippen LogP contribution in [0.3, 0.4) is 0 Å². The summed E-state index contributed by atoms with van der Waals surface area (Å²) >= 11 is 2.69. The molecule has 0 bridgehead atoms. The Bertz CT molecular complexity index is 896. The molecule has 110 valence electrons. The summed E-state index contributed by atoms with van der Waals surface area (Å²) in [4.78, 5) is 4.77. The molecule has 8 heteroatoms. The van der Waals surface area contributed by atoms with Crippen LogP contribution in [0.2, 0.25) is 0 Å². The van der Waals surface area contributed by atoms with Crippen LogP contribution in [-0.2, 0) is 16.6 Å². The largest absolute Gasteiger partial charge is 0.391 e. The van der Waals surface area contributed by atoms with Crippen LogP contribution in [0.5, 0.6) is 0 Å². The average Bonchev–Trinajstić information content (AvgIpc) is 3.03. The second-order valence-corrected chi connectivity index (χ2v) is 7.94. The molecule has 2 heterocycles. The first-order valence-electron chi connectivity index (χ1n) is 6.05. The summed E-state index contributed by atoms with van der Waals surface area (Å²) in [5.41, 5.74) is 3.68. The van der Waals surface area contributed by atoms with Crippen LogP contribution in [0.25, 0.3) is 10.2 Å². The van der Waals surface area contributed by atoms with E-state index in [0.717, 1.165) is 10.2 Å². The summed E-state index contributed by atoms with van der Waals surface area (Å²) < 4.78 is 28.5. The number of benzene rings is 1. The normalized spacial score (nSPS) is 11.9. The summed E-state index contributed by atoms with van der Waals surface area (Å²) in [5, 5.41) is 11.0. The van der Waals surface area contributed by atoms with Crippen LogP contribution in [0, 0.1) is 6.92 Å². The molecular formula is C13H12N2O3S3. The summed E-state index contributed by atoms with van der Waals surface area (Å²) in [6.45, 7) is 1.43. The first-order valence-corrected chi connectivity index (χ1v) is 9.29. The maximum Gasteiger partial charge on any atom is 0.263 e. The number of nitrogens with one attached hydrogen (secondary N) is 1. The molecule has 0 spiro atoms. The van der Waals surface area contributed by atoms with Gasteiger partial charge in [0, 0.05) is 0 Å². The third-order valence-corrected chi connectivity index (χ3v) is 6.61. The van der Waals surface area contributed by atoms with Crippen LogP contribution in [0.15, 0.2) is 34.0 Å². The molecule has 0 atom stereocenters. The highest BCUT2D eigenvalue weighted by Crippen LogP contribution is 2.29. The fraction of sp³-hybridized carbons (Fsp3) is 0.154. The molecule has 0 unspecified atom stereocenters. The second kappa shape index (κ2) is 5.38. The van der Waals surface area contributed by atoms with E-state index in [0.29, 0.717) is 16.1 Å². The first kappa shape index (κ1) is 14.5. The summed E-state index contributed by atoms with van der Waals surface area (Å²) in [5.74, 6) is 0. The van der Waals surface area contributed by atoms with Crippen molar-refractivity contribution < 1.29 is 13.5 Å². The van der Waals surface area contributed by atoms with E-state index in [9.17, 15) is 13.5 Å². The van der Waals surface area contributed by atoms with E-state index < -0.39 is 10.0 Å². The van der Waals surface area contributed by atoms with Crippen molar-refractivity contribution in [1.82, 2.24) is 4.98 Å². The molecule has 2 N–H and O–H groups in total. The van der Waals surface area contributed by atoms with Crippen LogP contribution < -0.4 is 4.72 Å². The number of nitrogens with zero attached hydrogens (tertiary/aromatic N) is 1. The number of aromatic nitrogens is 1. The molecular weight excluding hydrogens is 328 g/mol. The molecule has 0 fully saturated rings. The van der Waals surface area contributed by atoms with Crippen molar-refractivity contribution in [1.29, 1.82) is 0 Å². The van der Waals surface area contributed by atoms with Gasteiger partial charge in [0.2, 0.25) is 0 Å². The SMILES string of the molecule is Cc1csc(CO)c1S(=O)(=O)Nc1ccc2ncsc2c1. The Morgan fingerprint density at radius 2 is 2.14 bits per heavy atom. The number of rotatable bonds is 4. The van der Waals surface area contributed by atoms with E-state index in [-0.39, 0.29) is 11.5 Å². The molecule has 0 radical (unpaired) electrons. The van der Waals surface area contributed by atoms with Gasteiger partial charge in [-0.25, -0.2) is 13.4 Å². The summed E-state index contributed by atoms with van der Waals surface area (Å²) in [6, 6.07) is 5.21. The van der Waals surface area contributed by atoms with Gasteiger partial charge < -0.3 is 5.11 Å². The van der Waals surface area contributed by atoms with Crippen molar-refractivity contribution in [2.45, 2.75) is 18.4 Å². The molecule has 3 aromatic rings. The van der Waals surface area contributed by atoms with Gasteiger partial charge in [0.1, 0.15) is 4.90 Å². The van der Waals surface area contributed by atoms with Crippen molar-refractivity contribution in [3.63, 3.8) is 0 Å². The molecule has 0 amide bonds. The minimum atomic E-state index is -3.71. The second-order valence-electron chi connectivity index (χ2n) is 4.47. The monoisotopic (exact) mass is 340 g/mol. The maximum absolute atomic E-state index is 12.5. The predicted octanol–water partition coefficient (Wildman–Crippen LogP) is 2.96. The van der Waals surface area contributed by atoms with E-state index >= 15 is 0 Å².